The summed E-state index contributed by atoms with van der Waals surface area (Å²) in [6.07, 6.45) is 1.12. The first-order valence-corrected chi connectivity index (χ1v) is 12.7. The molecule has 1 aliphatic carbocycles. The van der Waals surface area contributed by atoms with Gasteiger partial charge in [0.1, 0.15) is 0 Å². The lowest BCUT2D eigenvalue weighted by Crippen LogP contribution is -2.38. The Morgan fingerprint density at radius 2 is 1.41 bits per heavy atom. The normalized spacial score (nSPS) is 18.9. The molecule has 0 spiro atoms. The lowest BCUT2D eigenvalue weighted by atomic mass is 9.78. The van der Waals surface area contributed by atoms with Crippen LogP contribution in [0.5, 0.6) is 0 Å². The van der Waals surface area contributed by atoms with Gasteiger partial charge in [-0.1, -0.05) is 90.5 Å². The summed E-state index contributed by atoms with van der Waals surface area (Å²) in [5.74, 6) is 0.0251. The summed E-state index contributed by atoms with van der Waals surface area (Å²) in [5.41, 5.74) is 7.03. The molecule has 0 saturated carbocycles. The maximum Gasteiger partial charge on any atom is 0.259 e. The van der Waals surface area contributed by atoms with E-state index in [1.54, 1.807) is 4.90 Å². The van der Waals surface area contributed by atoms with Gasteiger partial charge in [-0.25, -0.2) is 0 Å². The van der Waals surface area contributed by atoms with Crippen molar-refractivity contribution in [2.75, 3.05) is 10.2 Å². The lowest BCUT2D eigenvalue weighted by Gasteiger charge is -2.35. The number of fused-ring (bicyclic) bond motifs is 1. The topological polar surface area (TPSA) is 49.4 Å². The van der Waals surface area contributed by atoms with Crippen molar-refractivity contribution < 1.29 is 9.59 Å². The third kappa shape index (κ3) is 4.25. The van der Waals surface area contributed by atoms with Crippen LogP contribution in [0.15, 0.2) is 120 Å². The molecule has 0 aromatic heterocycles. The van der Waals surface area contributed by atoms with Gasteiger partial charge in [0.2, 0.25) is 0 Å². The number of hydrogen-bond acceptors (Lipinski definition) is 3. The van der Waals surface area contributed by atoms with Crippen LogP contribution in [-0.2, 0) is 4.79 Å². The number of rotatable bonds is 3. The van der Waals surface area contributed by atoms with Crippen LogP contribution in [0.25, 0.3) is 0 Å². The number of benzene rings is 4. The van der Waals surface area contributed by atoms with Crippen LogP contribution in [0.4, 0.5) is 11.4 Å². The number of allylic oxidation sites excluding steroid dienone is 1. The van der Waals surface area contributed by atoms with E-state index in [4.69, 9.17) is 0 Å². The molecule has 2 atom stereocenters. The van der Waals surface area contributed by atoms with Gasteiger partial charge >= 0.3 is 0 Å². The average molecular weight is 485 g/mol. The van der Waals surface area contributed by atoms with Gasteiger partial charge in [0.15, 0.2) is 5.78 Å². The van der Waals surface area contributed by atoms with Crippen LogP contribution in [0, 0.1) is 6.92 Å². The molecule has 0 bridgehead atoms. The number of carbonyl (C=O) groups excluding carboxylic acids is 2. The molecule has 4 aromatic carbocycles. The summed E-state index contributed by atoms with van der Waals surface area (Å²) in [6.45, 7) is 2.07. The fraction of sp³-hybridized carbons (Fsp3) is 0.152. The Bertz CT molecular complexity index is 1490. The summed E-state index contributed by atoms with van der Waals surface area (Å²) < 4.78 is 0. The maximum atomic E-state index is 14.2. The summed E-state index contributed by atoms with van der Waals surface area (Å²) in [5, 5.41) is 3.60. The molecule has 2 aliphatic rings. The third-order valence-corrected chi connectivity index (χ3v) is 7.39. The van der Waals surface area contributed by atoms with E-state index in [1.807, 2.05) is 84.9 Å². The largest absolute Gasteiger partial charge is 0.357 e. The Balaban J connectivity index is 1.55. The molecular formula is C33H28N2O2. The zero-order valence-corrected chi connectivity index (χ0v) is 20.7. The monoisotopic (exact) mass is 484 g/mol. The highest BCUT2D eigenvalue weighted by Gasteiger charge is 2.41. The van der Waals surface area contributed by atoms with Gasteiger partial charge in [-0.2, -0.15) is 0 Å². The van der Waals surface area contributed by atoms with E-state index in [-0.39, 0.29) is 17.6 Å². The Hall–Kier alpha value is -4.44. The second kappa shape index (κ2) is 9.55. The van der Waals surface area contributed by atoms with Crippen LogP contribution in [0.1, 0.15) is 51.8 Å². The van der Waals surface area contributed by atoms with Gasteiger partial charge in [0.05, 0.1) is 17.4 Å². The van der Waals surface area contributed by atoms with Crippen molar-refractivity contribution in [3.05, 3.63) is 143 Å². The SMILES string of the molecule is Cc1ccc([C@H]2CC(=O)C3=C(C2)Nc2ccccc2N(C(=O)c2ccccc2)[C@@H]3c2ccccc2)cc1. The number of Topliss-reactive ketones (excluding diaryl/α,β-unsaturated/α-hetero) is 1. The number of ketones is 1. The molecule has 4 aromatic rings. The minimum absolute atomic E-state index is 0.0758. The fourth-order valence-corrected chi connectivity index (χ4v) is 5.56. The van der Waals surface area contributed by atoms with Gasteiger partial charge in [-0.3, -0.25) is 14.5 Å². The second-order valence-electron chi connectivity index (χ2n) is 9.83. The van der Waals surface area contributed by atoms with E-state index in [0.717, 1.165) is 22.6 Å². The summed E-state index contributed by atoms with van der Waals surface area (Å²) in [6, 6.07) is 35.0. The van der Waals surface area contributed by atoms with Crippen molar-refractivity contribution in [3.63, 3.8) is 0 Å². The Morgan fingerprint density at radius 3 is 2.14 bits per heavy atom. The maximum absolute atomic E-state index is 14.2. The van der Waals surface area contributed by atoms with E-state index >= 15 is 0 Å². The molecule has 1 heterocycles. The highest BCUT2D eigenvalue weighted by molar-refractivity contribution is 6.12. The number of carbonyl (C=O) groups is 2. The molecule has 0 saturated heterocycles. The van der Waals surface area contributed by atoms with E-state index in [9.17, 15) is 9.59 Å². The van der Waals surface area contributed by atoms with E-state index in [1.165, 1.54) is 11.1 Å². The number of nitrogens with one attached hydrogen (secondary N) is 1. The molecule has 4 nitrogen and oxygen atoms in total. The van der Waals surface area contributed by atoms with Gasteiger partial charge in [0, 0.05) is 23.3 Å². The number of anilines is 2. The smallest absolute Gasteiger partial charge is 0.259 e. The second-order valence-corrected chi connectivity index (χ2v) is 9.83. The first-order chi connectivity index (χ1) is 18.1. The molecule has 0 unspecified atom stereocenters. The fourth-order valence-electron chi connectivity index (χ4n) is 5.56. The molecule has 182 valence electrons. The van der Waals surface area contributed by atoms with Gasteiger partial charge in [-0.05, 0) is 54.7 Å². The van der Waals surface area contributed by atoms with Crippen molar-refractivity contribution in [2.24, 2.45) is 0 Å². The standard InChI is InChI=1S/C33H28N2O2/c1-22-16-18-23(19-17-22)26-20-28-31(30(36)21-26)32(24-10-4-2-5-11-24)35(29-15-9-8-14-27(29)34-28)33(37)25-12-6-3-7-13-25/h2-19,26,32,34H,20-21H2,1H3/t26-,32-/m1/s1. The van der Waals surface area contributed by atoms with E-state index in [0.29, 0.717) is 24.0 Å². The predicted octanol–water partition coefficient (Wildman–Crippen LogP) is 7.21. The van der Waals surface area contributed by atoms with Crippen LogP contribution in [0.3, 0.4) is 0 Å². The predicted molar refractivity (Wildman–Crippen MR) is 148 cm³/mol. The minimum Gasteiger partial charge on any atom is -0.357 e. The van der Waals surface area contributed by atoms with E-state index in [2.05, 4.69) is 36.5 Å². The summed E-state index contributed by atoms with van der Waals surface area (Å²) >= 11 is 0. The van der Waals surface area contributed by atoms with Crippen molar-refractivity contribution in [1.82, 2.24) is 0 Å². The van der Waals surface area contributed by atoms with Gasteiger partial charge < -0.3 is 5.32 Å². The Labute approximate surface area is 217 Å². The van der Waals surface area contributed by atoms with Crippen molar-refractivity contribution >= 4 is 23.1 Å². The molecule has 1 aliphatic heterocycles. The van der Waals surface area contributed by atoms with Crippen molar-refractivity contribution in [3.8, 4) is 0 Å². The van der Waals surface area contributed by atoms with E-state index < -0.39 is 6.04 Å². The zero-order chi connectivity index (χ0) is 25.4. The first-order valence-electron chi connectivity index (χ1n) is 12.7. The molecule has 37 heavy (non-hydrogen) atoms. The first kappa shape index (κ1) is 23.0. The van der Waals surface area contributed by atoms with Crippen molar-refractivity contribution in [2.45, 2.75) is 31.7 Å². The number of nitrogens with zero attached hydrogens (tertiary/aromatic N) is 1. The van der Waals surface area contributed by atoms with Crippen LogP contribution in [-0.4, -0.2) is 11.7 Å². The van der Waals surface area contributed by atoms with Gasteiger partial charge in [0.25, 0.3) is 5.91 Å². The van der Waals surface area contributed by atoms with Gasteiger partial charge in [-0.15, -0.1) is 0 Å². The molecule has 4 heteroatoms. The Kier molecular flexibility index (Phi) is 5.93. The van der Waals surface area contributed by atoms with Crippen LogP contribution in [0.2, 0.25) is 0 Å². The quantitative estimate of drug-likeness (QED) is 0.334. The molecule has 0 radical (unpaired) electrons. The summed E-state index contributed by atoms with van der Waals surface area (Å²) in [4.78, 5) is 30.0. The molecule has 0 fully saturated rings. The average Bonchev–Trinajstić information content (AvgIpc) is 3.08. The minimum atomic E-state index is -0.536. The van der Waals surface area contributed by atoms with Crippen LogP contribution >= 0.6 is 0 Å². The number of para-hydroxylation sites is 2. The third-order valence-electron chi connectivity index (χ3n) is 7.39. The lowest BCUT2D eigenvalue weighted by molar-refractivity contribution is -0.116. The zero-order valence-electron chi connectivity index (χ0n) is 20.7. The van der Waals surface area contributed by atoms with Crippen molar-refractivity contribution in [1.29, 1.82) is 0 Å². The molecule has 6 rings (SSSR count). The Morgan fingerprint density at radius 1 is 0.757 bits per heavy atom. The number of aryl methyl sites for hydroxylation is 1. The van der Waals surface area contributed by atoms with Crippen LogP contribution < -0.4 is 10.2 Å². The number of amides is 1. The molecule has 1 amide bonds. The molecular weight excluding hydrogens is 456 g/mol. The highest BCUT2D eigenvalue weighted by atomic mass is 16.2. The molecule has 1 N–H and O–H groups in total. The summed E-state index contributed by atoms with van der Waals surface area (Å²) in [7, 11) is 0. The number of hydrogen-bond donors (Lipinski definition) is 1. The highest BCUT2D eigenvalue weighted by Crippen LogP contribution is 2.47.